The van der Waals surface area contributed by atoms with Gasteiger partial charge in [0.2, 0.25) is 5.91 Å². The molecule has 1 heterocycles. The maximum Gasteiger partial charge on any atom is 0.471 e. The lowest BCUT2D eigenvalue weighted by atomic mass is 9.60. The van der Waals surface area contributed by atoms with Crippen molar-refractivity contribution in [2.24, 2.45) is 17.1 Å². The standard InChI is InChI=1S/C25H32F3N3O2/c1-2-18(12-17-6-4-3-5-7-17)20-13-21(20)31(23(33)25(26,27)28)19-14-24(15-19)8-10-30(11-9-24)16-22(29)32/h3-7,12,19-21H,2,8-11,13-16H2,1H3,(H2,29,32)/b18-12+/t20-,21?/m0/s1. The van der Waals surface area contributed by atoms with Crippen LogP contribution in [-0.2, 0) is 9.59 Å². The van der Waals surface area contributed by atoms with Crippen LogP contribution in [0, 0.1) is 11.3 Å². The quantitative estimate of drug-likeness (QED) is 0.665. The molecule has 2 aliphatic carbocycles. The largest absolute Gasteiger partial charge is 0.471 e. The fourth-order valence-corrected chi connectivity index (χ4v) is 5.81. The number of hydrogen-bond acceptors (Lipinski definition) is 3. The van der Waals surface area contributed by atoms with Gasteiger partial charge < -0.3 is 10.6 Å². The molecule has 1 aliphatic heterocycles. The minimum Gasteiger partial charge on any atom is -0.369 e. The summed E-state index contributed by atoms with van der Waals surface area (Å²) in [5, 5.41) is 0. The highest BCUT2D eigenvalue weighted by Crippen LogP contribution is 2.55. The minimum atomic E-state index is -4.86. The van der Waals surface area contributed by atoms with Gasteiger partial charge in [-0.25, -0.2) is 0 Å². The van der Waals surface area contributed by atoms with Crippen LogP contribution in [0.25, 0.3) is 6.08 Å². The summed E-state index contributed by atoms with van der Waals surface area (Å²) in [6.45, 7) is 3.66. The molecule has 1 unspecified atom stereocenters. The van der Waals surface area contributed by atoms with E-state index in [9.17, 15) is 22.8 Å². The molecule has 2 amide bonds. The maximum atomic E-state index is 13.5. The summed E-state index contributed by atoms with van der Waals surface area (Å²) in [6, 6.07) is 9.00. The van der Waals surface area contributed by atoms with Gasteiger partial charge >= 0.3 is 12.1 Å². The fraction of sp³-hybridized carbons (Fsp3) is 0.600. The van der Waals surface area contributed by atoms with Gasteiger partial charge in [-0.15, -0.1) is 0 Å². The van der Waals surface area contributed by atoms with E-state index in [2.05, 4.69) is 6.08 Å². The summed E-state index contributed by atoms with van der Waals surface area (Å²) in [7, 11) is 0. The molecule has 1 spiro atoms. The first-order chi connectivity index (χ1) is 15.6. The van der Waals surface area contributed by atoms with Crippen molar-refractivity contribution in [2.75, 3.05) is 19.6 Å². The van der Waals surface area contributed by atoms with Crippen LogP contribution in [0.5, 0.6) is 0 Å². The average molecular weight is 464 g/mol. The highest BCUT2D eigenvalue weighted by molar-refractivity contribution is 5.83. The molecule has 1 aromatic rings. The Morgan fingerprint density at radius 1 is 1.18 bits per heavy atom. The van der Waals surface area contributed by atoms with Gasteiger partial charge in [0.05, 0.1) is 6.54 Å². The second-order valence-corrected chi connectivity index (χ2v) is 9.91. The molecule has 0 aromatic heterocycles. The van der Waals surface area contributed by atoms with Crippen LogP contribution in [0.2, 0.25) is 0 Å². The fourth-order valence-electron chi connectivity index (χ4n) is 5.81. The van der Waals surface area contributed by atoms with E-state index in [1.54, 1.807) is 0 Å². The molecule has 2 atom stereocenters. The minimum absolute atomic E-state index is 0.0181. The molecule has 3 fully saturated rings. The second kappa shape index (κ2) is 9.12. The summed E-state index contributed by atoms with van der Waals surface area (Å²) in [5.41, 5.74) is 7.37. The zero-order chi connectivity index (χ0) is 23.8. The molecule has 2 N–H and O–H groups in total. The number of nitrogens with zero attached hydrogens (tertiary/aromatic N) is 2. The van der Waals surface area contributed by atoms with E-state index < -0.39 is 12.1 Å². The van der Waals surface area contributed by atoms with E-state index in [1.807, 2.05) is 42.2 Å². The summed E-state index contributed by atoms with van der Waals surface area (Å²) < 4.78 is 40.5. The number of carbonyl (C=O) groups excluding carboxylic acids is 2. The normalized spacial score (nSPS) is 25.5. The maximum absolute atomic E-state index is 13.5. The van der Waals surface area contributed by atoms with E-state index in [0.29, 0.717) is 32.4 Å². The topological polar surface area (TPSA) is 66.6 Å². The Balaban J connectivity index is 1.44. The Kier molecular flexibility index (Phi) is 6.58. The summed E-state index contributed by atoms with van der Waals surface area (Å²) in [6.07, 6.45) is 1.38. The SMILES string of the molecule is CC/C(=C\c1ccccc1)[C@@H]1CC1N(C(=O)C(F)(F)F)C1CC2(CCN(CC(N)=O)CC2)C1. The van der Waals surface area contributed by atoms with Gasteiger partial charge in [0.25, 0.3) is 0 Å². The highest BCUT2D eigenvalue weighted by Gasteiger charge is 2.58. The van der Waals surface area contributed by atoms with Gasteiger partial charge in [-0.2, -0.15) is 13.2 Å². The van der Waals surface area contributed by atoms with Crippen LogP contribution in [0.15, 0.2) is 35.9 Å². The van der Waals surface area contributed by atoms with Gasteiger partial charge in [-0.1, -0.05) is 48.9 Å². The zero-order valence-corrected chi connectivity index (χ0v) is 19.0. The molecular weight excluding hydrogens is 431 g/mol. The molecule has 1 aromatic carbocycles. The Labute approximate surface area is 192 Å². The smallest absolute Gasteiger partial charge is 0.369 e. The number of rotatable bonds is 7. The first-order valence-corrected chi connectivity index (χ1v) is 11.8. The number of benzene rings is 1. The molecule has 3 aliphatic rings. The number of piperidine rings is 1. The predicted molar refractivity (Wildman–Crippen MR) is 120 cm³/mol. The molecule has 5 nitrogen and oxygen atoms in total. The van der Waals surface area contributed by atoms with Crippen LogP contribution in [0.4, 0.5) is 13.2 Å². The van der Waals surface area contributed by atoms with Crippen LogP contribution >= 0.6 is 0 Å². The van der Waals surface area contributed by atoms with Crippen molar-refractivity contribution >= 4 is 17.9 Å². The van der Waals surface area contributed by atoms with Crippen LogP contribution in [0.1, 0.15) is 51.0 Å². The van der Waals surface area contributed by atoms with Crippen molar-refractivity contribution in [1.82, 2.24) is 9.80 Å². The Morgan fingerprint density at radius 2 is 1.82 bits per heavy atom. The van der Waals surface area contributed by atoms with Crippen molar-refractivity contribution in [1.29, 1.82) is 0 Å². The third kappa shape index (κ3) is 5.26. The first kappa shape index (κ1) is 23.8. The van der Waals surface area contributed by atoms with Crippen molar-refractivity contribution < 1.29 is 22.8 Å². The summed E-state index contributed by atoms with van der Waals surface area (Å²) in [4.78, 5) is 26.8. The van der Waals surface area contributed by atoms with E-state index in [1.165, 1.54) is 4.90 Å². The number of alkyl halides is 3. The second-order valence-electron chi connectivity index (χ2n) is 9.91. The summed E-state index contributed by atoms with van der Waals surface area (Å²) >= 11 is 0. The number of likely N-dealkylation sites (tertiary alicyclic amines) is 1. The Morgan fingerprint density at radius 3 is 2.36 bits per heavy atom. The number of halogens is 3. The van der Waals surface area contributed by atoms with Gasteiger partial charge in [0.15, 0.2) is 0 Å². The van der Waals surface area contributed by atoms with Crippen molar-refractivity contribution in [3.05, 3.63) is 41.5 Å². The molecule has 33 heavy (non-hydrogen) atoms. The van der Waals surface area contributed by atoms with Gasteiger partial charge in [-0.3, -0.25) is 14.5 Å². The van der Waals surface area contributed by atoms with Crippen molar-refractivity contribution in [3.63, 3.8) is 0 Å². The molecular formula is C25H32F3N3O2. The molecule has 180 valence electrons. The third-order valence-electron chi connectivity index (χ3n) is 7.65. The van der Waals surface area contributed by atoms with E-state index in [-0.39, 0.29) is 35.9 Å². The van der Waals surface area contributed by atoms with E-state index in [4.69, 9.17) is 5.73 Å². The Bertz CT molecular complexity index is 899. The highest BCUT2D eigenvalue weighted by atomic mass is 19.4. The van der Waals surface area contributed by atoms with Crippen molar-refractivity contribution in [3.8, 4) is 0 Å². The number of amides is 2. The molecule has 4 rings (SSSR count). The lowest BCUT2D eigenvalue weighted by Crippen LogP contribution is -2.59. The van der Waals surface area contributed by atoms with Crippen LogP contribution < -0.4 is 5.73 Å². The molecule has 0 radical (unpaired) electrons. The van der Waals surface area contributed by atoms with Gasteiger partial charge in [0.1, 0.15) is 0 Å². The van der Waals surface area contributed by atoms with Gasteiger partial charge in [-0.05, 0) is 62.6 Å². The van der Waals surface area contributed by atoms with Crippen LogP contribution in [-0.4, -0.2) is 59.5 Å². The number of carbonyl (C=O) groups is 2. The monoisotopic (exact) mass is 463 g/mol. The van der Waals surface area contributed by atoms with Crippen molar-refractivity contribution in [2.45, 2.75) is 63.7 Å². The molecule has 2 saturated carbocycles. The zero-order valence-electron chi connectivity index (χ0n) is 19.0. The van der Waals surface area contributed by atoms with E-state index in [0.717, 1.165) is 30.4 Å². The Hall–Kier alpha value is -2.35. The number of nitrogens with two attached hydrogens (primary N) is 1. The van der Waals surface area contributed by atoms with Crippen LogP contribution in [0.3, 0.4) is 0 Å². The summed E-state index contributed by atoms with van der Waals surface area (Å²) in [5.74, 6) is -2.08. The van der Waals surface area contributed by atoms with E-state index >= 15 is 0 Å². The molecule has 1 saturated heterocycles. The molecule has 0 bridgehead atoms. The number of primary amides is 1. The lowest BCUT2D eigenvalue weighted by molar-refractivity contribution is -0.194. The average Bonchev–Trinajstić information content (AvgIpc) is 3.52. The molecule has 8 heteroatoms. The predicted octanol–water partition coefficient (Wildman–Crippen LogP) is 3.99. The van der Waals surface area contributed by atoms with Gasteiger partial charge in [0, 0.05) is 18.0 Å². The lowest BCUT2D eigenvalue weighted by Gasteiger charge is -2.55. The first-order valence-electron chi connectivity index (χ1n) is 11.8. The third-order valence-corrected chi connectivity index (χ3v) is 7.65. The number of hydrogen-bond donors (Lipinski definition) is 1.